The Kier molecular flexibility index (Phi) is 4.69. The van der Waals surface area contributed by atoms with Gasteiger partial charge in [0.25, 0.3) is 0 Å². The molecule has 7 heteroatoms. The Labute approximate surface area is 141 Å². The van der Waals surface area contributed by atoms with Crippen molar-refractivity contribution in [1.82, 2.24) is 20.2 Å². The topological polar surface area (TPSA) is 79.3 Å². The van der Waals surface area contributed by atoms with Crippen LogP contribution in [0.3, 0.4) is 0 Å². The number of aromatic nitrogens is 2. The van der Waals surface area contributed by atoms with Crippen LogP contribution in [0.25, 0.3) is 11.0 Å². The fraction of sp³-hybridized carbons (Fsp3) is 0.471. The predicted octanol–water partition coefficient (Wildman–Crippen LogP) is 1.87. The zero-order valence-corrected chi connectivity index (χ0v) is 14.1. The molecule has 2 aromatic rings. The summed E-state index contributed by atoms with van der Waals surface area (Å²) in [6, 6.07) is 7.80. The van der Waals surface area contributed by atoms with E-state index >= 15 is 0 Å². The van der Waals surface area contributed by atoms with Crippen LogP contribution >= 0.6 is 0 Å². The highest BCUT2D eigenvalue weighted by atomic mass is 16.2. The van der Waals surface area contributed by atoms with Crippen LogP contribution in [0, 0.1) is 0 Å². The fourth-order valence-electron chi connectivity index (χ4n) is 2.81. The second-order valence-electron chi connectivity index (χ2n) is 6.06. The SMILES string of the molecule is CC[C@H](C)NC(=O)CCNC(=O)N1CCn2c1nc1ccccc12. The first kappa shape index (κ1) is 16.3. The number of rotatable bonds is 5. The third-order valence-electron chi connectivity index (χ3n) is 4.32. The van der Waals surface area contributed by atoms with Crippen molar-refractivity contribution in [1.29, 1.82) is 0 Å². The van der Waals surface area contributed by atoms with E-state index in [0.29, 0.717) is 19.0 Å². The average molecular weight is 329 g/mol. The highest BCUT2D eigenvalue weighted by Gasteiger charge is 2.28. The lowest BCUT2D eigenvalue weighted by molar-refractivity contribution is -0.121. The van der Waals surface area contributed by atoms with E-state index in [4.69, 9.17) is 0 Å². The van der Waals surface area contributed by atoms with Gasteiger partial charge in [0.15, 0.2) is 0 Å². The molecule has 0 saturated carbocycles. The Hall–Kier alpha value is -2.57. The van der Waals surface area contributed by atoms with E-state index in [1.54, 1.807) is 4.90 Å². The molecule has 24 heavy (non-hydrogen) atoms. The van der Waals surface area contributed by atoms with Crippen molar-refractivity contribution in [3.05, 3.63) is 24.3 Å². The maximum atomic E-state index is 12.4. The number of nitrogens with zero attached hydrogens (tertiary/aromatic N) is 3. The Morgan fingerprint density at radius 3 is 2.88 bits per heavy atom. The number of benzene rings is 1. The molecule has 0 unspecified atom stereocenters. The van der Waals surface area contributed by atoms with Crippen LogP contribution in [0.2, 0.25) is 0 Å². The van der Waals surface area contributed by atoms with Gasteiger partial charge in [-0.25, -0.2) is 9.78 Å². The van der Waals surface area contributed by atoms with Gasteiger partial charge in [-0.3, -0.25) is 9.69 Å². The molecule has 2 heterocycles. The largest absolute Gasteiger partial charge is 0.354 e. The zero-order chi connectivity index (χ0) is 17.1. The molecule has 3 amide bonds. The van der Waals surface area contributed by atoms with Crippen LogP contribution in [0.4, 0.5) is 10.7 Å². The minimum absolute atomic E-state index is 0.0432. The summed E-state index contributed by atoms with van der Waals surface area (Å²) in [7, 11) is 0. The van der Waals surface area contributed by atoms with Gasteiger partial charge in [0.05, 0.1) is 11.0 Å². The van der Waals surface area contributed by atoms with Crippen LogP contribution in [0.1, 0.15) is 26.7 Å². The molecule has 1 aromatic heterocycles. The second-order valence-corrected chi connectivity index (χ2v) is 6.06. The molecule has 7 nitrogen and oxygen atoms in total. The average Bonchev–Trinajstić information content (AvgIpc) is 3.13. The van der Waals surface area contributed by atoms with Crippen LogP contribution in [-0.4, -0.2) is 40.6 Å². The third kappa shape index (κ3) is 3.20. The molecule has 0 fully saturated rings. The van der Waals surface area contributed by atoms with Crippen molar-refractivity contribution in [2.45, 2.75) is 39.3 Å². The van der Waals surface area contributed by atoms with Crippen LogP contribution < -0.4 is 15.5 Å². The second kappa shape index (κ2) is 6.90. The highest BCUT2D eigenvalue weighted by molar-refractivity contribution is 5.94. The van der Waals surface area contributed by atoms with Crippen molar-refractivity contribution < 1.29 is 9.59 Å². The summed E-state index contributed by atoms with van der Waals surface area (Å²) in [6.07, 6.45) is 1.17. The van der Waals surface area contributed by atoms with E-state index in [1.807, 2.05) is 42.7 Å². The number of hydrogen-bond acceptors (Lipinski definition) is 3. The number of hydrogen-bond donors (Lipinski definition) is 2. The van der Waals surface area contributed by atoms with E-state index in [-0.39, 0.29) is 24.4 Å². The highest BCUT2D eigenvalue weighted by Crippen LogP contribution is 2.26. The summed E-state index contributed by atoms with van der Waals surface area (Å²) in [5.41, 5.74) is 1.92. The molecule has 0 aliphatic carbocycles. The number of fused-ring (bicyclic) bond motifs is 3. The molecular weight excluding hydrogens is 306 g/mol. The van der Waals surface area contributed by atoms with Gasteiger partial charge >= 0.3 is 6.03 Å². The molecule has 0 saturated heterocycles. The van der Waals surface area contributed by atoms with Crippen LogP contribution in [0.15, 0.2) is 24.3 Å². The van der Waals surface area contributed by atoms with E-state index in [0.717, 1.165) is 24.0 Å². The monoisotopic (exact) mass is 329 g/mol. The summed E-state index contributed by atoms with van der Waals surface area (Å²) in [6.45, 7) is 5.63. The summed E-state index contributed by atoms with van der Waals surface area (Å²) < 4.78 is 2.05. The third-order valence-corrected chi connectivity index (χ3v) is 4.32. The predicted molar refractivity (Wildman–Crippen MR) is 93.0 cm³/mol. The molecule has 2 N–H and O–H groups in total. The molecule has 0 radical (unpaired) electrons. The normalized spacial score (nSPS) is 14.5. The minimum atomic E-state index is -0.208. The van der Waals surface area contributed by atoms with Gasteiger partial charge in [0.2, 0.25) is 11.9 Å². The molecule has 1 aliphatic heterocycles. The molecule has 1 atom stereocenters. The van der Waals surface area contributed by atoms with Crippen molar-refractivity contribution in [2.75, 3.05) is 18.0 Å². The lowest BCUT2D eigenvalue weighted by Gasteiger charge is -2.15. The molecule has 0 bridgehead atoms. The van der Waals surface area contributed by atoms with Gasteiger partial charge in [0.1, 0.15) is 0 Å². The number of carbonyl (C=O) groups excluding carboxylic acids is 2. The Morgan fingerprint density at radius 1 is 1.29 bits per heavy atom. The van der Waals surface area contributed by atoms with E-state index in [2.05, 4.69) is 15.6 Å². The van der Waals surface area contributed by atoms with Crippen molar-refractivity contribution in [3.8, 4) is 0 Å². The van der Waals surface area contributed by atoms with E-state index in [1.165, 1.54) is 0 Å². The first-order valence-corrected chi connectivity index (χ1v) is 8.40. The molecule has 1 aliphatic rings. The lowest BCUT2D eigenvalue weighted by atomic mass is 10.2. The number of amides is 3. The maximum absolute atomic E-state index is 12.4. The van der Waals surface area contributed by atoms with E-state index in [9.17, 15) is 9.59 Å². The Balaban J connectivity index is 1.57. The van der Waals surface area contributed by atoms with Gasteiger partial charge in [-0.15, -0.1) is 0 Å². The molecule has 0 spiro atoms. The number of imidazole rings is 1. The number of anilines is 1. The summed E-state index contributed by atoms with van der Waals surface area (Å²) >= 11 is 0. The van der Waals surface area contributed by atoms with Crippen molar-refractivity contribution >= 4 is 28.9 Å². The van der Waals surface area contributed by atoms with Crippen LogP contribution in [0.5, 0.6) is 0 Å². The summed E-state index contributed by atoms with van der Waals surface area (Å²) in [4.78, 5) is 30.3. The van der Waals surface area contributed by atoms with Gasteiger partial charge in [-0.05, 0) is 25.5 Å². The van der Waals surface area contributed by atoms with Gasteiger partial charge in [-0.1, -0.05) is 19.1 Å². The smallest absolute Gasteiger partial charge is 0.324 e. The lowest BCUT2D eigenvalue weighted by Crippen LogP contribution is -2.41. The molecule has 128 valence electrons. The fourth-order valence-corrected chi connectivity index (χ4v) is 2.81. The summed E-state index contributed by atoms with van der Waals surface area (Å²) in [5.74, 6) is 0.621. The molecular formula is C17H23N5O2. The number of para-hydroxylation sites is 2. The summed E-state index contributed by atoms with van der Waals surface area (Å²) in [5, 5.41) is 5.69. The first-order valence-electron chi connectivity index (χ1n) is 8.40. The Morgan fingerprint density at radius 2 is 2.08 bits per heavy atom. The van der Waals surface area contributed by atoms with Crippen molar-refractivity contribution in [2.24, 2.45) is 0 Å². The first-order chi connectivity index (χ1) is 11.6. The van der Waals surface area contributed by atoms with Crippen molar-refractivity contribution in [3.63, 3.8) is 0 Å². The van der Waals surface area contributed by atoms with E-state index < -0.39 is 0 Å². The number of urea groups is 1. The molecule has 3 rings (SSSR count). The Bertz CT molecular complexity index is 755. The van der Waals surface area contributed by atoms with Crippen LogP contribution in [-0.2, 0) is 11.3 Å². The minimum Gasteiger partial charge on any atom is -0.354 e. The van der Waals surface area contributed by atoms with Gasteiger partial charge in [-0.2, -0.15) is 0 Å². The van der Waals surface area contributed by atoms with Gasteiger partial charge < -0.3 is 15.2 Å². The maximum Gasteiger partial charge on any atom is 0.324 e. The zero-order valence-electron chi connectivity index (χ0n) is 14.1. The number of nitrogens with one attached hydrogen (secondary N) is 2. The number of carbonyl (C=O) groups is 2. The van der Waals surface area contributed by atoms with Gasteiger partial charge in [0, 0.05) is 32.1 Å². The quantitative estimate of drug-likeness (QED) is 0.879. The molecule has 1 aromatic carbocycles. The standard InChI is InChI=1S/C17H23N5O2/c1-3-12(2)19-15(23)8-9-18-17(24)22-11-10-21-14-7-5-4-6-13(14)20-16(21)22/h4-7,12H,3,8-11H2,1-2H3,(H,18,24)(H,19,23)/t12-/m0/s1.